The molecule has 0 aliphatic carbocycles. The second-order valence-electron chi connectivity index (χ2n) is 8.94. The lowest BCUT2D eigenvalue weighted by Crippen LogP contribution is -2.45. The number of nitriles is 1. The molecule has 5 heteroatoms. The Kier molecular flexibility index (Phi) is 7.11. The van der Waals surface area contributed by atoms with Gasteiger partial charge in [0.25, 0.3) is 5.91 Å². The van der Waals surface area contributed by atoms with Gasteiger partial charge in [0.2, 0.25) is 0 Å². The number of piperidine rings is 1. The highest BCUT2D eigenvalue weighted by atomic mass is 16.2. The maximum atomic E-state index is 13.0. The Bertz CT molecular complexity index is 978. The van der Waals surface area contributed by atoms with Crippen molar-refractivity contribution < 1.29 is 4.79 Å². The molecular weight excluding hydrogens is 396 g/mol. The molecule has 0 bridgehead atoms. The summed E-state index contributed by atoms with van der Waals surface area (Å²) in [4.78, 5) is 19.3. The molecule has 0 aromatic heterocycles. The third kappa shape index (κ3) is 5.50. The van der Waals surface area contributed by atoms with Gasteiger partial charge in [0.05, 0.1) is 0 Å². The van der Waals surface area contributed by atoms with Crippen molar-refractivity contribution in [2.24, 2.45) is 5.92 Å². The maximum Gasteiger partial charge on any atom is 0.266 e. The molecule has 2 fully saturated rings. The minimum atomic E-state index is -0.119. The van der Waals surface area contributed by atoms with Gasteiger partial charge in [-0.15, -0.1) is 0 Å². The Morgan fingerprint density at radius 2 is 1.72 bits per heavy atom. The number of piperazine rings is 1. The van der Waals surface area contributed by atoms with E-state index >= 15 is 0 Å². The molecule has 0 saturated carbocycles. The minimum Gasteiger partial charge on any atom is -0.373 e. The van der Waals surface area contributed by atoms with Gasteiger partial charge in [0.1, 0.15) is 11.6 Å². The number of carbonyl (C=O) groups is 1. The van der Waals surface area contributed by atoms with Crippen molar-refractivity contribution >= 4 is 11.6 Å². The average Bonchev–Trinajstić information content (AvgIpc) is 2.84. The van der Waals surface area contributed by atoms with E-state index in [1.54, 1.807) is 6.20 Å². The zero-order valence-corrected chi connectivity index (χ0v) is 18.9. The molecule has 2 aromatic rings. The van der Waals surface area contributed by atoms with E-state index in [9.17, 15) is 10.1 Å². The summed E-state index contributed by atoms with van der Waals surface area (Å²) >= 11 is 0. The molecule has 4 rings (SSSR count). The second-order valence-corrected chi connectivity index (χ2v) is 8.94. The minimum absolute atomic E-state index is 0.119. The van der Waals surface area contributed by atoms with E-state index in [4.69, 9.17) is 0 Å². The highest BCUT2D eigenvalue weighted by Crippen LogP contribution is 2.23. The van der Waals surface area contributed by atoms with Gasteiger partial charge < -0.3 is 14.7 Å². The van der Waals surface area contributed by atoms with E-state index in [2.05, 4.69) is 71.3 Å². The number of hydrogen-bond acceptors (Lipinski definition) is 4. The van der Waals surface area contributed by atoms with Gasteiger partial charge in [0.15, 0.2) is 0 Å². The summed E-state index contributed by atoms with van der Waals surface area (Å²) in [5.74, 6) is 0.484. The normalized spacial score (nSPS) is 17.9. The van der Waals surface area contributed by atoms with Gasteiger partial charge in [-0.1, -0.05) is 42.5 Å². The van der Waals surface area contributed by atoms with Crippen LogP contribution in [0.3, 0.4) is 0 Å². The lowest BCUT2D eigenvalue weighted by atomic mass is 9.90. The molecule has 166 valence electrons. The predicted octanol–water partition coefficient (Wildman–Crippen LogP) is 4.01. The van der Waals surface area contributed by atoms with Crippen molar-refractivity contribution in [3.8, 4) is 6.07 Å². The van der Waals surface area contributed by atoms with E-state index < -0.39 is 0 Å². The molecule has 0 atom stereocenters. The highest BCUT2D eigenvalue weighted by Gasteiger charge is 2.26. The summed E-state index contributed by atoms with van der Waals surface area (Å²) in [5, 5.41) is 9.66. The first-order valence-corrected chi connectivity index (χ1v) is 11.6. The third-order valence-electron chi connectivity index (χ3n) is 6.61. The van der Waals surface area contributed by atoms with Crippen LogP contribution in [-0.2, 0) is 11.2 Å². The summed E-state index contributed by atoms with van der Waals surface area (Å²) in [6, 6.07) is 21.3. The van der Waals surface area contributed by atoms with Crippen LogP contribution in [0, 0.1) is 24.2 Å². The summed E-state index contributed by atoms with van der Waals surface area (Å²) in [6.07, 6.45) is 4.84. The number of likely N-dealkylation sites (tertiary alicyclic amines) is 1. The monoisotopic (exact) mass is 428 g/mol. The van der Waals surface area contributed by atoms with E-state index in [1.165, 1.54) is 16.8 Å². The Hall–Kier alpha value is -3.26. The predicted molar refractivity (Wildman–Crippen MR) is 128 cm³/mol. The van der Waals surface area contributed by atoms with E-state index in [-0.39, 0.29) is 11.5 Å². The zero-order chi connectivity index (χ0) is 22.3. The summed E-state index contributed by atoms with van der Waals surface area (Å²) < 4.78 is 0. The van der Waals surface area contributed by atoms with Crippen LogP contribution >= 0.6 is 0 Å². The standard InChI is InChI=1S/C27H32N4O/c1-22-6-5-9-26(18-22)30-16-14-29(15-17-30)21-25(20-28)27(32)31-12-10-24(11-13-31)19-23-7-3-2-4-8-23/h2-9,18,21,24H,10-17,19H2,1H3/b25-21-. The fourth-order valence-corrected chi connectivity index (χ4v) is 4.71. The number of benzene rings is 2. The summed E-state index contributed by atoms with van der Waals surface area (Å²) in [6.45, 7) is 6.97. The average molecular weight is 429 g/mol. The van der Waals surface area contributed by atoms with Crippen LogP contribution < -0.4 is 4.90 Å². The van der Waals surface area contributed by atoms with E-state index in [1.807, 2.05) is 11.0 Å². The quantitative estimate of drug-likeness (QED) is 0.533. The van der Waals surface area contributed by atoms with E-state index in [0.717, 1.165) is 58.5 Å². The van der Waals surface area contributed by atoms with Crippen molar-refractivity contribution in [3.63, 3.8) is 0 Å². The topological polar surface area (TPSA) is 50.6 Å². The Morgan fingerprint density at radius 1 is 1.00 bits per heavy atom. The van der Waals surface area contributed by atoms with Crippen LogP contribution in [0.25, 0.3) is 0 Å². The molecule has 0 N–H and O–H groups in total. The number of aryl methyl sites for hydroxylation is 1. The molecule has 1 amide bonds. The number of rotatable bonds is 5. The molecule has 0 spiro atoms. The Morgan fingerprint density at radius 3 is 2.38 bits per heavy atom. The van der Waals surface area contributed by atoms with Gasteiger partial charge in [-0.3, -0.25) is 4.79 Å². The van der Waals surface area contributed by atoms with Crippen LogP contribution in [0.5, 0.6) is 0 Å². The molecule has 2 heterocycles. The van der Waals surface area contributed by atoms with Gasteiger partial charge >= 0.3 is 0 Å². The Labute approximate surface area is 191 Å². The van der Waals surface area contributed by atoms with Crippen molar-refractivity contribution in [3.05, 3.63) is 77.5 Å². The van der Waals surface area contributed by atoms with Crippen LogP contribution in [0.2, 0.25) is 0 Å². The highest BCUT2D eigenvalue weighted by molar-refractivity contribution is 5.97. The van der Waals surface area contributed by atoms with E-state index in [0.29, 0.717) is 5.92 Å². The number of hydrogen-bond donors (Lipinski definition) is 0. The van der Waals surface area contributed by atoms with Crippen molar-refractivity contribution in [2.45, 2.75) is 26.2 Å². The summed E-state index contributed by atoms with van der Waals surface area (Å²) in [7, 11) is 0. The van der Waals surface area contributed by atoms with Gasteiger partial charge in [-0.2, -0.15) is 5.26 Å². The number of carbonyl (C=O) groups excluding carboxylic acids is 1. The lowest BCUT2D eigenvalue weighted by Gasteiger charge is -2.36. The lowest BCUT2D eigenvalue weighted by molar-refractivity contribution is -0.128. The van der Waals surface area contributed by atoms with Crippen LogP contribution in [0.4, 0.5) is 5.69 Å². The van der Waals surface area contributed by atoms with Crippen molar-refractivity contribution in [1.29, 1.82) is 5.26 Å². The second kappa shape index (κ2) is 10.4. The van der Waals surface area contributed by atoms with Crippen LogP contribution in [0.1, 0.15) is 24.0 Å². The molecule has 5 nitrogen and oxygen atoms in total. The van der Waals surface area contributed by atoms with Gasteiger partial charge in [0, 0.05) is 51.2 Å². The van der Waals surface area contributed by atoms with Crippen LogP contribution in [-0.4, -0.2) is 55.0 Å². The first-order valence-electron chi connectivity index (χ1n) is 11.6. The first-order chi connectivity index (χ1) is 15.6. The van der Waals surface area contributed by atoms with Gasteiger partial charge in [-0.25, -0.2) is 0 Å². The molecule has 2 aliphatic rings. The smallest absolute Gasteiger partial charge is 0.266 e. The van der Waals surface area contributed by atoms with Crippen LogP contribution in [0.15, 0.2) is 66.4 Å². The summed E-state index contributed by atoms with van der Waals surface area (Å²) in [5.41, 5.74) is 4.12. The molecular formula is C27H32N4O. The molecule has 32 heavy (non-hydrogen) atoms. The fraction of sp³-hybridized carbons (Fsp3) is 0.407. The largest absolute Gasteiger partial charge is 0.373 e. The third-order valence-corrected chi connectivity index (χ3v) is 6.61. The maximum absolute atomic E-state index is 13.0. The fourth-order valence-electron chi connectivity index (χ4n) is 4.71. The molecule has 2 aromatic carbocycles. The van der Waals surface area contributed by atoms with Gasteiger partial charge in [-0.05, 0) is 55.4 Å². The molecule has 0 radical (unpaired) electrons. The number of nitrogens with zero attached hydrogens (tertiary/aromatic N) is 4. The van der Waals surface area contributed by atoms with Crippen molar-refractivity contribution in [1.82, 2.24) is 9.80 Å². The first kappa shape index (κ1) is 22.0. The molecule has 0 unspecified atom stereocenters. The molecule has 2 saturated heterocycles. The van der Waals surface area contributed by atoms with Crippen molar-refractivity contribution in [2.75, 3.05) is 44.2 Å². The molecule has 2 aliphatic heterocycles. The Balaban J connectivity index is 1.29. The zero-order valence-electron chi connectivity index (χ0n) is 18.9. The number of amides is 1. The SMILES string of the molecule is Cc1cccc(N2CCN(/C=C(/C#N)C(=O)N3CCC(Cc4ccccc4)CC3)CC2)c1. The number of anilines is 1.